The second kappa shape index (κ2) is 6.34. The van der Waals surface area contributed by atoms with Gasteiger partial charge in [0.1, 0.15) is 0 Å². The number of para-hydroxylation sites is 1. The molecule has 2 aromatic carbocycles. The van der Waals surface area contributed by atoms with E-state index in [9.17, 15) is 9.18 Å². The number of alkyl halides is 2. The molecular weight excluding hydrogens is 384 g/mol. The molecule has 5 heteroatoms. The first kappa shape index (κ1) is 15.6. The van der Waals surface area contributed by atoms with Gasteiger partial charge in [0.05, 0.1) is 11.3 Å². The van der Waals surface area contributed by atoms with Gasteiger partial charge in [-0.25, -0.2) is 9.18 Å². The number of carbonyl (C=O) groups is 1. The van der Waals surface area contributed by atoms with Crippen molar-refractivity contribution in [3.8, 4) is 0 Å². The molecule has 0 aliphatic rings. The Labute approximate surface area is 132 Å². The summed E-state index contributed by atoms with van der Waals surface area (Å²) in [6.45, 7) is 1.53. The van der Waals surface area contributed by atoms with E-state index in [1.807, 2.05) is 0 Å². The van der Waals surface area contributed by atoms with Crippen LogP contribution in [0.25, 0.3) is 0 Å². The second-order valence-corrected chi connectivity index (χ2v) is 7.37. The molecule has 0 saturated heterocycles. The van der Waals surface area contributed by atoms with Gasteiger partial charge in [0, 0.05) is 11.3 Å². The largest absolute Gasteiger partial charge is 0.478 e. The quantitative estimate of drug-likeness (QED) is 0.568. The Balaban J connectivity index is 2.35. The van der Waals surface area contributed by atoms with Crippen LogP contribution in [0.5, 0.6) is 0 Å². The number of rotatable bonds is 5. The van der Waals surface area contributed by atoms with E-state index in [0.717, 1.165) is 0 Å². The second-order valence-electron chi connectivity index (χ2n) is 4.58. The minimum atomic E-state index is -1.40. The molecule has 110 valence electrons. The molecule has 0 saturated carbocycles. The molecule has 0 aliphatic carbocycles. The summed E-state index contributed by atoms with van der Waals surface area (Å²) in [5.41, 5.74) is 1.87. The van der Waals surface area contributed by atoms with Crippen LogP contribution in [0.3, 0.4) is 0 Å². The highest BCUT2D eigenvalue weighted by atomic mass is 127. The Morgan fingerprint density at radius 2 is 2.00 bits per heavy atom. The fraction of sp³-hybridized carbons (Fsp3) is 0.125. The Bertz CT molecular complexity index is 685. The summed E-state index contributed by atoms with van der Waals surface area (Å²) in [4.78, 5) is 11.2. The molecular formula is C16H15FINO2. The Kier molecular flexibility index (Phi) is 4.72. The average Bonchev–Trinajstić information content (AvgIpc) is 2.48. The Morgan fingerprint density at radius 1 is 1.29 bits per heavy atom. The van der Waals surface area contributed by atoms with E-state index >= 15 is 0 Å². The summed E-state index contributed by atoms with van der Waals surface area (Å²) in [5, 5.41) is 12.2. The van der Waals surface area contributed by atoms with Crippen molar-refractivity contribution in [1.82, 2.24) is 0 Å². The smallest absolute Gasteiger partial charge is 0.337 e. The maximum absolute atomic E-state index is 14.3. The lowest BCUT2D eigenvalue weighted by atomic mass is 10.1. The van der Waals surface area contributed by atoms with Crippen LogP contribution in [-0.4, -0.2) is 15.6 Å². The van der Waals surface area contributed by atoms with Crippen molar-refractivity contribution < 1.29 is 14.3 Å². The van der Waals surface area contributed by atoms with Gasteiger partial charge in [-0.2, -0.15) is 0 Å². The Hall–Kier alpha value is -1.76. The number of halogens is 2. The van der Waals surface area contributed by atoms with Gasteiger partial charge in [-0.15, -0.1) is 0 Å². The monoisotopic (exact) mass is 399 g/mol. The molecule has 3 nitrogen and oxygen atoms in total. The van der Waals surface area contributed by atoms with Gasteiger partial charge in [-0.1, -0.05) is 49.5 Å². The first-order valence-electron chi connectivity index (χ1n) is 6.22. The number of carboxylic acids is 1. The summed E-state index contributed by atoms with van der Waals surface area (Å²) >= 11 is -0.846. The number of nitrogens with one attached hydrogen (secondary N) is 1. The van der Waals surface area contributed by atoms with Crippen molar-refractivity contribution >= 4 is 42.6 Å². The van der Waals surface area contributed by atoms with Gasteiger partial charge >= 0.3 is 5.97 Å². The molecule has 0 aliphatic heterocycles. The maximum Gasteiger partial charge on any atom is 0.337 e. The van der Waals surface area contributed by atoms with E-state index in [1.165, 1.54) is 13.0 Å². The number of hydrogen-bond acceptors (Lipinski definition) is 2. The topological polar surface area (TPSA) is 49.3 Å². The van der Waals surface area contributed by atoms with E-state index < -0.39 is 30.4 Å². The summed E-state index contributed by atoms with van der Waals surface area (Å²) in [7, 11) is 0. The number of carboxylic acid groups (broad SMARTS) is 1. The standard InChI is InChI=1S/C16H15FINO2/c1-16(17,18-2)11-6-5-7-12(10-11)19-14-9-4-3-8-13(14)15(20)21/h3-10,19H,2H2,1H3,(H,20,21). The summed E-state index contributed by atoms with van der Waals surface area (Å²) in [6, 6.07) is 13.6. The molecule has 0 fully saturated rings. The van der Waals surface area contributed by atoms with Gasteiger partial charge in [0.2, 0.25) is 0 Å². The highest BCUT2D eigenvalue weighted by Crippen LogP contribution is 2.37. The van der Waals surface area contributed by atoms with E-state index in [2.05, 4.69) is 9.83 Å². The molecule has 2 rings (SSSR count). The lowest BCUT2D eigenvalue weighted by molar-refractivity contribution is 0.0698. The fourth-order valence-corrected chi connectivity index (χ4v) is 2.66. The van der Waals surface area contributed by atoms with Crippen molar-refractivity contribution in [2.75, 3.05) is 5.32 Å². The van der Waals surface area contributed by atoms with Gasteiger partial charge in [-0.05, 0) is 31.2 Å². The van der Waals surface area contributed by atoms with Crippen LogP contribution in [0.1, 0.15) is 22.8 Å². The lowest BCUT2D eigenvalue weighted by Gasteiger charge is -2.17. The molecule has 2 N–H and O–H groups in total. The lowest BCUT2D eigenvalue weighted by Crippen LogP contribution is -2.07. The van der Waals surface area contributed by atoms with Crippen LogP contribution in [0.2, 0.25) is 0 Å². The number of benzene rings is 2. The van der Waals surface area contributed by atoms with Crippen LogP contribution in [-0.2, 0) is 3.68 Å². The normalized spacial score (nSPS) is 13.4. The third-order valence-electron chi connectivity index (χ3n) is 3.06. The maximum atomic E-state index is 14.3. The van der Waals surface area contributed by atoms with Crippen LogP contribution in [0.4, 0.5) is 15.8 Å². The SMILES string of the molecule is C=IC(C)(F)c1cccc(Nc2ccccc2C(=O)O)c1. The highest BCUT2D eigenvalue weighted by molar-refractivity contribution is 14.2. The van der Waals surface area contributed by atoms with Gasteiger partial charge in [0.15, 0.2) is 3.68 Å². The van der Waals surface area contributed by atoms with E-state index in [1.54, 1.807) is 42.5 Å². The van der Waals surface area contributed by atoms with Gasteiger partial charge in [-0.3, -0.25) is 0 Å². The first-order chi connectivity index (χ1) is 9.94. The molecule has 21 heavy (non-hydrogen) atoms. The van der Waals surface area contributed by atoms with Gasteiger partial charge < -0.3 is 10.4 Å². The first-order valence-corrected chi connectivity index (χ1v) is 8.83. The molecule has 0 radical (unpaired) electrons. The average molecular weight is 399 g/mol. The predicted molar refractivity (Wildman–Crippen MR) is 92.7 cm³/mol. The van der Waals surface area contributed by atoms with Crippen molar-refractivity contribution in [3.05, 3.63) is 59.7 Å². The van der Waals surface area contributed by atoms with Crippen molar-refractivity contribution in [1.29, 1.82) is 0 Å². The van der Waals surface area contributed by atoms with E-state index in [-0.39, 0.29) is 5.56 Å². The van der Waals surface area contributed by atoms with Crippen molar-refractivity contribution in [2.24, 2.45) is 0 Å². The molecule has 0 spiro atoms. The van der Waals surface area contributed by atoms with E-state index in [4.69, 9.17) is 5.11 Å². The fourth-order valence-electron chi connectivity index (χ4n) is 1.88. The van der Waals surface area contributed by atoms with Crippen LogP contribution < -0.4 is 5.32 Å². The summed E-state index contributed by atoms with van der Waals surface area (Å²) in [5.74, 6) is -1.01. The number of anilines is 2. The summed E-state index contributed by atoms with van der Waals surface area (Å²) < 4.78 is 16.7. The summed E-state index contributed by atoms with van der Waals surface area (Å²) in [6.07, 6.45) is 0. The molecule has 0 heterocycles. The molecule has 2 aromatic rings. The molecule has 1 unspecified atom stereocenters. The molecule has 0 aromatic heterocycles. The number of hydrogen-bond donors (Lipinski definition) is 2. The zero-order valence-electron chi connectivity index (χ0n) is 11.4. The third-order valence-corrected chi connectivity index (χ3v) is 5.11. The predicted octanol–water partition coefficient (Wildman–Crippen LogP) is 4.67. The zero-order chi connectivity index (χ0) is 15.5. The zero-order valence-corrected chi connectivity index (χ0v) is 13.6. The minimum absolute atomic E-state index is 0.176. The van der Waals surface area contributed by atoms with E-state index in [0.29, 0.717) is 16.9 Å². The minimum Gasteiger partial charge on any atom is -0.478 e. The Morgan fingerprint density at radius 3 is 2.67 bits per heavy atom. The third kappa shape index (κ3) is 3.66. The number of aromatic carboxylic acids is 1. The molecule has 0 amide bonds. The van der Waals surface area contributed by atoms with Crippen LogP contribution >= 0.6 is 20.7 Å². The van der Waals surface area contributed by atoms with Crippen molar-refractivity contribution in [3.63, 3.8) is 0 Å². The highest BCUT2D eigenvalue weighted by Gasteiger charge is 2.22. The van der Waals surface area contributed by atoms with Crippen molar-refractivity contribution in [2.45, 2.75) is 10.6 Å². The molecule has 1 atom stereocenters. The van der Waals surface area contributed by atoms with Crippen LogP contribution in [0.15, 0.2) is 48.5 Å². The van der Waals surface area contributed by atoms with Crippen LogP contribution in [0, 0.1) is 0 Å². The van der Waals surface area contributed by atoms with Gasteiger partial charge in [0.25, 0.3) is 0 Å². The molecule has 0 bridgehead atoms.